The number of nitrogens with zero attached hydrogens (tertiary/aromatic N) is 1. The van der Waals surface area contributed by atoms with Crippen molar-refractivity contribution in [1.82, 2.24) is 5.48 Å². The van der Waals surface area contributed by atoms with Crippen molar-refractivity contribution in [3.05, 3.63) is 83.4 Å². The van der Waals surface area contributed by atoms with Crippen molar-refractivity contribution in [2.45, 2.75) is 36.4 Å². The molecular weight excluding hydrogens is 612 g/mol. The predicted octanol–water partition coefficient (Wildman–Crippen LogP) is 5.41. The first-order valence-corrected chi connectivity index (χ1v) is 13.6. The zero-order valence-electron chi connectivity index (χ0n) is 21.6. The van der Waals surface area contributed by atoms with Crippen LogP contribution in [0.15, 0.2) is 71.6 Å². The van der Waals surface area contributed by atoms with Crippen LogP contribution in [0.25, 0.3) is 0 Å². The van der Waals surface area contributed by atoms with E-state index in [1.807, 2.05) is 10.8 Å². The fraction of sp³-hybridized carbons (Fsp3) is 0.231. The topological polar surface area (TPSA) is 134 Å². The summed E-state index contributed by atoms with van der Waals surface area (Å²) >= 11 is 0. The molecule has 1 unspecified atom stereocenters. The number of sulfonamides is 1. The predicted molar refractivity (Wildman–Crippen MR) is 137 cm³/mol. The third-order valence-corrected chi connectivity index (χ3v) is 7.76. The molecule has 3 aromatic rings. The smallest absolute Gasteiger partial charge is 0.416 e. The third kappa shape index (κ3) is 7.66. The number of anilines is 2. The summed E-state index contributed by atoms with van der Waals surface area (Å²) in [6, 6.07) is 10.7. The Hall–Kier alpha value is -4.51. The zero-order valence-corrected chi connectivity index (χ0v) is 22.4. The van der Waals surface area contributed by atoms with Gasteiger partial charge < -0.3 is 9.84 Å². The molecule has 0 aliphatic carbocycles. The molecule has 3 aromatic carbocycles. The number of ether oxygens (including phenoxy) is 1. The fourth-order valence-corrected chi connectivity index (χ4v) is 5.64. The lowest BCUT2D eigenvalue weighted by atomic mass is 10.1. The fourth-order valence-electron chi connectivity index (χ4n) is 4.09. The van der Waals surface area contributed by atoms with Gasteiger partial charge in [0, 0.05) is 5.69 Å². The van der Waals surface area contributed by atoms with Gasteiger partial charge >= 0.3 is 18.4 Å². The Balaban J connectivity index is 1.54. The minimum atomic E-state index is -4.85. The number of amides is 2. The second-order valence-corrected chi connectivity index (χ2v) is 11.0. The Morgan fingerprint density at radius 1 is 0.953 bits per heavy atom. The minimum absolute atomic E-state index is 0.0710. The van der Waals surface area contributed by atoms with Crippen molar-refractivity contribution in [3.63, 3.8) is 0 Å². The van der Waals surface area contributed by atoms with E-state index in [1.165, 1.54) is 18.2 Å². The summed E-state index contributed by atoms with van der Waals surface area (Å²) in [5.74, 6) is -0.971. The van der Waals surface area contributed by atoms with Crippen LogP contribution in [0.5, 0.6) is 5.75 Å². The monoisotopic (exact) mass is 633 g/mol. The lowest BCUT2D eigenvalue weighted by molar-refractivity contribution is -0.139. The number of hydrogen-bond donors (Lipinski definition) is 3. The van der Waals surface area contributed by atoms with Gasteiger partial charge in [0.2, 0.25) is 5.91 Å². The van der Waals surface area contributed by atoms with Gasteiger partial charge in [0.1, 0.15) is 11.9 Å². The molecule has 0 bridgehead atoms. The molecule has 43 heavy (non-hydrogen) atoms. The Morgan fingerprint density at radius 2 is 1.60 bits per heavy atom. The molecule has 1 heterocycles. The van der Waals surface area contributed by atoms with Crippen molar-refractivity contribution in [2.24, 2.45) is 0 Å². The molecule has 0 aromatic heterocycles. The Kier molecular flexibility index (Phi) is 8.77. The molecule has 0 spiro atoms. The highest BCUT2D eigenvalue weighted by Gasteiger charge is 2.38. The van der Waals surface area contributed by atoms with E-state index in [0.29, 0.717) is 16.4 Å². The number of benzene rings is 3. The Bertz CT molecular complexity index is 1630. The number of carbonyl (C=O) groups excluding carboxylic acids is 1. The average Bonchev–Trinajstić information content (AvgIpc) is 2.92. The normalized spacial score (nSPS) is 15.3. The SMILES string of the molecule is O=C(O)Nc1ccc2c(c1)N(S(=O)(=O)c1cccc(C(F)(F)F)c1)CC(CC(=O)NOCc1cccc(C(F)(F)F)c1)O2. The van der Waals surface area contributed by atoms with Crippen molar-refractivity contribution >= 4 is 33.4 Å². The molecule has 10 nitrogen and oxygen atoms in total. The summed E-state index contributed by atoms with van der Waals surface area (Å²) in [6.07, 6.45) is -12.6. The first kappa shape index (κ1) is 31.4. The summed E-state index contributed by atoms with van der Waals surface area (Å²) < 4.78 is 112. The van der Waals surface area contributed by atoms with Gasteiger partial charge in [-0.1, -0.05) is 18.2 Å². The van der Waals surface area contributed by atoms with E-state index < -0.39 is 76.1 Å². The van der Waals surface area contributed by atoms with E-state index in [4.69, 9.17) is 14.7 Å². The maximum absolute atomic E-state index is 13.6. The van der Waals surface area contributed by atoms with Gasteiger partial charge in [-0.3, -0.25) is 19.3 Å². The van der Waals surface area contributed by atoms with Gasteiger partial charge in [-0.05, 0) is 54.1 Å². The van der Waals surface area contributed by atoms with Crippen molar-refractivity contribution in [3.8, 4) is 5.75 Å². The maximum Gasteiger partial charge on any atom is 0.416 e. The molecule has 2 amide bonds. The van der Waals surface area contributed by atoms with Crippen LogP contribution in [0.1, 0.15) is 23.1 Å². The number of carbonyl (C=O) groups is 2. The van der Waals surface area contributed by atoms with Gasteiger partial charge in [-0.25, -0.2) is 18.7 Å². The standard InChI is InChI=1S/C26H21F6N3O7S/c27-25(28,29)16-4-1-3-15(9-16)14-41-34-23(36)12-19-13-35(21-11-18(33-24(37)38)7-8-22(21)42-19)43(39,40)20-6-2-5-17(10-20)26(30,31)32/h1-11,19,33H,12-14H2,(H,34,36)(H,37,38). The van der Waals surface area contributed by atoms with Crippen molar-refractivity contribution in [1.29, 1.82) is 0 Å². The summed E-state index contributed by atoms with van der Waals surface area (Å²) in [4.78, 5) is 27.9. The van der Waals surface area contributed by atoms with Crippen LogP contribution in [0.4, 0.5) is 42.5 Å². The summed E-state index contributed by atoms with van der Waals surface area (Å²) in [6.45, 7) is -1.01. The number of nitrogens with one attached hydrogen (secondary N) is 2. The number of fused-ring (bicyclic) bond motifs is 1. The molecule has 17 heteroatoms. The van der Waals surface area contributed by atoms with E-state index in [1.54, 1.807) is 0 Å². The molecule has 230 valence electrons. The van der Waals surface area contributed by atoms with E-state index in [-0.39, 0.29) is 22.7 Å². The number of carboxylic acid groups (broad SMARTS) is 1. The zero-order chi connectivity index (χ0) is 31.6. The second kappa shape index (κ2) is 12.0. The molecule has 0 saturated carbocycles. The summed E-state index contributed by atoms with van der Waals surface area (Å²) in [5.41, 5.74) is -0.290. The van der Waals surface area contributed by atoms with Gasteiger partial charge in [-0.2, -0.15) is 26.3 Å². The van der Waals surface area contributed by atoms with Gasteiger partial charge in [0.15, 0.2) is 0 Å². The highest BCUT2D eigenvalue weighted by Crippen LogP contribution is 2.40. The molecule has 1 aliphatic heterocycles. The van der Waals surface area contributed by atoms with Crippen LogP contribution in [0.3, 0.4) is 0 Å². The summed E-state index contributed by atoms with van der Waals surface area (Å²) in [5, 5.41) is 11.1. The molecule has 0 fully saturated rings. The summed E-state index contributed by atoms with van der Waals surface area (Å²) in [7, 11) is -4.72. The van der Waals surface area contributed by atoms with E-state index in [2.05, 4.69) is 0 Å². The van der Waals surface area contributed by atoms with Gasteiger partial charge in [0.25, 0.3) is 10.0 Å². The molecule has 0 saturated heterocycles. The van der Waals surface area contributed by atoms with Crippen LogP contribution in [-0.2, 0) is 38.6 Å². The van der Waals surface area contributed by atoms with Gasteiger partial charge in [0.05, 0.1) is 41.3 Å². The van der Waals surface area contributed by atoms with E-state index >= 15 is 0 Å². The van der Waals surface area contributed by atoms with Crippen molar-refractivity contribution < 1.29 is 59.0 Å². The third-order valence-electron chi connectivity index (χ3n) is 5.98. The molecule has 0 radical (unpaired) electrons. The molecule has 1 atom stereocenters. The molecule has 1 aliphatic rings. The lowest BCUT2D eigenvalue weighted by Gasteiger charge is -2.35. The molecule has 3 N–H and O–H groups in total. The Labute approximate surface area is 239 Å². The highest BCUT2D eigenvalue weighted by atomic mass is 32.2. The van der Waals surface area contributed by atoms with Crippen LogP contribution in [-0.4, -0.2) is 38.2 Å². The van der Waals surface area contributed by atoms with E-state index in [9.17, 15) is 44.3 Å². The maximum atomic E-state index is 13.6. The van der Waals surface area contributed by atoms with Crippen molar-refractivity contribution in [2.75, 3.05) is 16.2 Å². The highest BCUT2D eigenvalue weighted by molar-refractivity contribution is 7.92. The number of alkyl halides is 6. The lowest BCUT2D eigenvalue weighted by Crippen LogP contribution is -2.45. The number of rotatable bonds is 8. The largest absolute Gasteiger partial charge is 0.486 e. The number of hydrogen-bond acceptors (Lipinski definition) is 6. The molecule has 4 rings (SSSR count). The average molecular weight is 634 g/mol. The number of hydroxylamine groups is 1. The first-order chi connectivity index (χ1) is 20.0. The second-order valence-electron chi connectivity index (χ2n) is 9.13. The number of halogens is 6. The first-order valence-electron chi connectivity index (χ1n) is 12.1. The van der Waals surface area contributed by atoms with Gasteiger partial charge in [-0.15, -0.1) is 0 Å². The van der Waals surface area contributed by atoms with Crippen LogP contribution in [0, 0.1) is 0 Å². The van der Waals surface area contributed by atoms with Crippen LogP contribution in [0.2, 0.25) is 0 Å². The van der Waals surface area contributed by atoms with Crippen LogP contribution < -0.4 is 19.8 Å². The van der Waals surface area contributed by atoms with E-state index in [0.717, 1.165) is 36.4 Å². The minimum Gasteiger partial charge on any atom is -0.486 e. The van der Waals surface area contributed by atoms with Crippen LogP contribution >= 0.6 is 0 Å². The Morgan fingerprint density at radius 3 is 2.26 bits per heavy atom. The quantitative estimate of drug-likeness (QED) is 0.223. The molecular formula is C26H21F6N3O7S.